The molecule has 6 aromatic carbocycles. The Morgan fingerprint density at radius 3 is 1.87 bits per heavy atom. The highest BCUT2D eigenvalue weighted by molar-refractivity contribution is 7.26. The molecule has 0 aliphatic heterocycles. The lowest BCUT2D eigenvalue weighted by molar-refractivity contribution is 0.669. The summed E-state index contributed by atoms with van der Waals surface area (Å²) in [5, 5.41) is 7.48. The zero-order valence-corrected chi connectivity index (χ0v) is 21.7. The summed E-state index contributed by atoms with van der Waals surface area (Å²) in [6.07, 6.45) is 0. The van der Waals surface area contributed by atoms with Crippen molar-refractivity contribution >= 4 is 75.3 Å². The number of rotatable bonds is 2. The average molecular weight is 516 g/mol. The fourth-order valence-corrected chi connectivity index (χ4v) is 7.62. The largest absolute Gasteiger partial charge is 0.456 e. The van der Waals surface area contributed by atoms with Crippen molar-refractivity contribution in [3.05, 3.63) is 127 Å². The van der Waals surface area contributed by atoms with Gasteiger partial charge in [-0.3, -0.25) is 0 Å². The molecule has 0 aliphatic carbocycles. The van der Waals surface area contributed by atoms with Gasteiger partial charge in [0, 0.05) is 37.0 Å². The van der Waals surface area contributed by atoms with Gasteiger partial charge in [0.1, 0.15) is 11.2 Å². The van der Waals surface area contributed by atoms with Crippen molar-refractivity contribution in [2.24, 2.45) is 0 Å². The highest BCUT2D eigenvalue weighted by atomic mass is 32.1. The number of thiophene rings is 1. The van der Waals surface area contributed by atoms with E-state index in [-0.39, 0.29) is 0 Å². The van der Waals surface area contributed by atoms with Crippen molar-refractivity contribution in [3.63, 3.8) is 0 Å². The van der Waals surface area contributed by atoms with Crippen LogP contribution >= 0.6 is 11.3 Å². The van der Waals surface area contributed by atoms with Crippen molar-refractivity contribution in [1.29, 1.82) is 0 Å². The fourth-order valence-electron chi connectivity index (χ4n) is 6.28. The van der Waals surface area contributed by atoms with E-state index in [1.54, 1.807) is 0 Å². The van der Waals surface area contributed by atoms with E-state index in [9.17, 15) is 0 Å². The van der Waals surface area contributed by atoms with Crippen LogP contribution in [0.4, 0.5) is 0 Å². The van der Waals surface area contributed by atoms with E-state index >= 15 is 0 Å². The monoisotopic (exact) mass is 515 g/mol. The summed E-state index contributed by atoms with van der Waals surface area (Å²) in [5.41, 5.74) is 8.03. The minimum absolute atomic E-state index is 0.928. The predicted molar refractivity (Wildman–Crippen MR) is 166 cm³/mol. The van der Waals surface area contributed by atoms with Crippen molar-refractivity contribution < 1.29 is 4.42 Å². The normalized spacial score (nSPS) is 12.1. The van der Waals surface area contributed by atoms with Crippen LogP contribution in [0.5, 0.6) is 0 Å². The number of benzene rings is 6. The Morgan fingerprint density at radius 2 is 1.08 bits per heavy atom. The highest BCUT2D eigenvalue weighted by Crippen LogP contribution is 2.44. The van der Waals surface area contributed by atoms with Gasteiger partial charge in [0.15, 0.2) is 0 Å². The highest BCUT2D eigenvalue weighted by Gasteiger charge is 2.18. The number of hydrogen-bond donors (Lipinski definition) is 0. The van der Waals surface area contributed by atoms with E-state index in [1.165, 1.54) is 58.8 Å². The topological polar surface area (TPSA) is 18.1 Å². The molecular weight excluding hydrogens is 494 g/mol. The minimum Gasteiger partial charge on any atom is -0.456 e. The first-order valence-electron chi connectivity index (χ1n) is 13.2. The summed E-state index contributed by atoms with van der Waals surface area (Å²) in [6.45, 7) is 0. The van der Waals surface area contributed by atoms with Crippen LogP contribution in [0.3, 0.4) is 0 Å². The molecular formula is C36H21NOS. The van der Waals surface area contributed by atoms with Crippen LogP contribution in [0.2, 0.25) is 0 Å². The van der Waals surface area contributed by atoms with E-state index < -0.39 is 0 Å². The number of furan rings is 1. The van der Waals surface area contributed by atoms with E-state index in [4.69, 9.17) is 4.42 Å². The third-order valence-electron chi connectivity index (χ3n) is 8.01. The Bertz CT molecular complexity index is 2350. The molecule has 3 heteroatoms. The van der Waals surface area contributed by atoms with Gasteiger partial charge in [-0.15, -0.1) is 11.3 Å². The Morgan fingerprint density at radius 1 is 0.462 bits per heavy atom. The Kier molecular flexibility index (Phi) is 4.24. The SMILES string of the molecule is c1ccc2c(c1)oc1ccc(-c3cccc4c3sc3c(-n5c6ccccc6c6ccccc65)cccc34)cc12. The Hall–Kier alpha value is -4.86. The molecule has 0 bridgehead atoms. The number of para-hydroxylation sites is 3. The first kappa shape index (κ1) is 21.1. The van der Waals surface area contributed by atoms with Crippen molar-refractivity contribution in [2.75, 3.05) is 0 Å². The van der Waals surface area contributed by atoms with Crippen LogP contribution in [0, 0.1) is 0 Å². The number of aromatic nitrogens is 1. The molecule has 0 saturated heterocycles. The molecule has 0 radical (unpaired) electrons. The molecule has 0 N–H and O–H groups in total. The first-order chi connectivity index (χ1) is 19.3. The molecule has 9 rings (SSSR count). The smallest absolute Gasteiger partial charge is 0.135 e. The summed E-state index contributed by atoms with van der Waals surface area (Å²) in [4.78, 5) is 0. The minimum atomic E-state index is 0.928. The van der Waals surface area contributed by atoms with Crippen molar-refractivity contribution in [2.45, 2.75) is 0 Å². The van der Waals surface area contributed by atoms with Crippen molar-refractivity contribution in [1.82, 2.24) is 4.57 Å². The molecule has 0 spiro atoms. The molecule has 0 atom stereocenters. The molecule has 2 nitrogen and oxygen atoms in total. The lowest BCUT2D eigenvalue weighted by Gasteiger charge is -2.09. The summed E-state index contributed by atoms with van der Waals surface area (Å²) in [7, 11) is 0. The lowest BCUT2D eigenvalue weighted by atomic mass is 10.0. The third kappa shape index (κ3) is 2.91. The van der Waals surface area contributed by atoms with Crippen LogP contribution in [0.25, 0.3) is 80.7 Å². The molecule has 0 aliphatic rings. The molecule has 0 amide bonds. The third-order valence-corrected chi connectivity index (χ3v) is 9.29. The summed E-state index contributed by atoms with van der Waals surface area (Å²) in [5.74, 6) is 0. The predicted octanol–water partition coefficient (Wildman–Crippen LogP) is 10.7. The summed E-state index contributed by atoms with van der Waals surface area (Å²) >= 11 is 1.89. The molecule has 0 saturated carbocycles. The van der Waals surface area contributed by atoms with Crippen LogP contribution in [-0.4, -0.2) is 4.57 Å². The standard InChI is InChI=1S/C36H21NOS/c1-4-15-30-24(9-1)25-10-2-5-16-31(25)37(30)32-17-8-14-28-27-13-7-12-23(35(27)39-36(28)32)22-19-20-34-29(21-22)26-11-3-6-18-33(26)38-34/h1-21H. The van der Waals surface area contributed by atoms with Gasteiger partial charge in [-0.25, -0.2) is 0 Å². The molecule has 9 aromatic rings. The Labute approximate surface area is 227 Å². The maximum absolute atomic E-state index is 6.11. The number of fused-ring (bicyclic) bond motifs is 9. The second-order valence-electron chi connectivity index (χ2n) is 10.1. The molecule has 39 heavy (non-hydrogen) atoms. The molecule has 0 unspecified atom stereocenters. The summed E-state index contributed by atoms with van der Waals surface area (Å²) < 4.78 is 11.2. The first-order valence-corrected chi connectivity index (χ1v) is 14.0. The Balaban J connectivity index is 1.34. The molecule has 3 heterocycles. The molecule has 3 aromatic heterocycles. The van der Waals surface area contributed by atoms with Gasteiger partial charge < -0.3 is 8.98 Å². The average Bonchev–Trinajstić information content (AvgIpc) is 3.66. The fraction of sp³-hybridized carbons (Fsp3) is 0. The molecule has 182 valence electrons. The van der Waals surface area contributed by atoms with Gasteiger partial charge in [-0.05, 0) is 47.5 Å². The quantitative estimate of drug-likeness (QED) is 0.224. The van der Waals surface area contributed by atoms with Gasteiger partial charge in [0.2, 0.25) is 0 Å². The number of nitrogens with zero attached hydrogens (tertiary/aromatic N) is 1. The van der Waals surface area contributed by atoms with Gasteiger partial charge in [-0.2, -0.15) is 0 Å². The van der Waals surface area contributed by atoms with Crippen LogP contribution in [0.15, 0.2) is 132 Å². The van der Waals surface area contributed by atoms with Gasteiger partial charge in [0.25, 0.3) is 0 Å². The van der Waals surface area contributed by atoms with Gasteiger partial charge >= 0.3 is 0 Å². The van der Waals surface area contributed by atoms with E-state index in [0.717, 1.165) is 21.9 Å². The van der Waals surface area contributed by atoms with E-state index in [2.05, 4.69) is 120 Å². The maximum Gasteiger partial charge on any atom is 0.135 e. The van der Waals surface area contributed by atoms with Crippen molar-refractivity contribution in [3.8, 4) is 16.8 Å². The van der Waals surface area contributed by atoms with Crippen LogP contribution in [0.1, 0.15) is 0 Å². The second-order valence-corrected chi connectivity index (χ2v) is 11.1. The van der Waals surface area contributed by atoms with Gasteiger partial charge in [-0.1, -0.05) is 91.0 Å². The van der Waals surface area contributed by atoms with Crippen LogP contribution < -0.4 is 0 Å². The van der Waals surface area contributed by atoms with Crippen LogP contribution in [-0.2, 0) is 0 Å². The van der Waals surface area contributed by atoms with Gasteiger partial charge in [0.05, 0.1) is 21.4 Å². The number of hydrogen-bond acceptors (Lipinski definition) is 2. The molecule has 0 fully saturated rings. The maximum atomic E-state index is 6.11. The zero-order chi connectivity index (χ0) is 25.5. The second kappa shape index (κ2) is 7.83. The lowest BCUT2D eigenvalue weighted by Crippen LogP contribution is -1.93. The zero-order valence-electron chi connectivity index (χ0n) is 20.9. The van der Waals surface area contributed by atoms with E-state index in [1.807, 2.05) is 23.5 Å². The van der Waals surface area contributed by atoms with E-state index in [0.29, 0.717) is 0 Å². The summed E-state index contributed by atoms with van der Waals surface area (Å²) in [6, 6.07) is 45.8.